The quantitative estimate of drug-likeness (QED) is 0.774. The van der Waals surface area contributed by atoms with Gasteiger partial charge >= 0.3 is 0 Å². The molecule has 142 valence electrons. The van der Waals surface area contributed by atoms with Crippen molar-refractivity contribution in [1.82, 2.24) is 14.7 Å². The smallest absolute Gasteiger partial charge is 0.256 e. The summed E-state index contributed by atoms with van der Waals surface area (Å²) in [7, 11) is 2.16. The van der Waals surface area contributed by atoms with Crippen LogP contribution in [0.15, 0.2) is 36.4 Å². The Bertz CT molecular complexity index is 845. The summed E-state index contributed by atoms with van der Waals surface area (Å²) in [5.74, 6) is 0.0103. The molecule has 6 heteroatoms. The average Bonchev–Trinajstić information content (AvgIpc) is 2.95. The highest BCUT2D eigenvalue weighted by atomic mass is 35.5. The maximum absolute atomic E-state index is 12.8. The van der Waals surface area contributed by atoms with Gasteiger partial charge in [0.2, 0.25) is 0 Å². The molecule has 1 fully saturated rings. The predicted molar refractivity (Wildman–Crippen MR) is 109 cm³/mol. The number of hydrogen-bond donors (Lipinski definition) is 0. The summed E-state index contributed by atoms with van der Waals surface area (Å²) in [5.41, 5.74) is 3.94. The van der Waals surface area contributed by atoms with Gasteiger partial charge in [-0.05, 0) is 41.9 Å². The molecule has 1 amide bonds. The molecule has 1 saturated heterocycles. The van der Waals surface area contributed by atoms with E-state index in [9.17, 15) is 4.79 Å². The molecule has 2 aromatic carbocycles. The molecule has 27 heavy (non-hydrogen) atoms. The van der Waals surface area contributed by atoms with Crippen LogP contribution in [-0.4, -0.2) is 53.8 Å². The van der Waals surface area contributed by atoms with E-state index in [4.69, 9.17) is 23.2 Å². The molecule has 0 bridgehead atoms. The van der Waals surface area contributed by atoms with Crippen LogP contribution in [0.4, 0.5) is 0 Å². The van der Waals surface area contributed by atoms with E-state index in [1.54, 1.807) is 0 Å². The van der Waals surface area contributed by atoms with Gasteiger partial charge in [0.15, 0.2) is 0 Å². The number of fused-ring (bicyclic) bond motifs is 1. The molecule has 4 nitrogen and oxygen atoms in total. The summed E-state index contributed by atoms with van der Waals surface area (Å²) in [6, 6.07) is 11.7. The molecule has 0 saturated carbocycles. The highest BCUT2D eigenvalue weighted by Crippen LogP contribution is 2.32. The summed E-state index contributed by atoms with van der Waals surface area (Å²) >= 11 is 12.5. The number of amides is 1. The van der Waals surface area contributed by atoms with Gasteiger partial charge in [-0.3, -0.25) is 9.69 Å². The molecule has 0 aromatic heterocycles. The first-order valence-electron chi connectivity index (χ1n) is 9.25. The zero-order valence-corrected chi connectivity index (χ0v) is 16.9. The molecular weight excluding hydrogens is 381 g/mol. The van der Waals surface area contributed by atoms with Gasteiger partial charge in [-0.2, -0.15) is 0 Å². The van der Waals surface area contributed by atoms with E-state index in [1.165, 1.54) is 5.56 Å². The van der Waals surface area contributed by atoms with Crippen molar-refractivity contribution in [3.8, 4) is 0 Å². The molecule has 0 spiro atoms. The molecule has 2 aliphatic heterocycles. The Morgan fingerprint density at radius 3 is 2.33 bits per heavy atom. The number of rotatable bonds is 4. The van der Waals surface area contributed by atoms with Crippen molar-refractivity contribution in [2.45, 2.75) is 19.6 Å². The second kappa shape index (κ2) is 7.80. The van der Waals surface area contributed by atoms with Crippen LogP contribution in [0.2, 0.25) is 10.0 Å². The van der Waals surface area contributed by atoms with Crippen molar-refractivity contribution in [2.24, 2.45) is 0 Å². The van der Waals surface area contributed by atoms with Gasteiger partial charge in [0.1, 0.15) is 0 Å². The highest BCUT2D eigenvalue weighted by molar-refractivity contribution is 6.34. The highest BCUT2D eigenvalue weighted by Gasteiger charge is 2.30. The van der Waals surface area contributed by atoms with Crippen LogP contribution in [0.5, 0.6) is 0 Å². The van der Waals surface area contributed by atoms with Crippen LogP contribution in [0.25, 0.3) is 0 Å². The largest absolute Gasteiger partial charge is 0.330 e. The van der Waals surface area contributed by atoms with Crippen molar-refractivity contribution >= 4 is 29.1 Å². The Labute approximate surface area is 170 Å². The van der Waals surface area contributed by atoms with Crippen LogP contribution < -0.4 is 0 Å². The lowest BCUT2D eigenvalue weighted by molar-refractivity contribution is 0.0767. The zero-order chi connectivity index (χ0) is 19.0. The molecule has 0 radical (unpaired) electrons. The molecule has 0 aliphatic carbocycles. The topological polar surface area (TPSA) is 26.8 Å². The minimum absolute atomic E-state index is 0.0103. The number of hydrogen-bond acceptors (Lipinski definition) is 3. The van der Waals surface area contributed by atoms with Gasteiger partial charge in [-0.25, -0.2) is 0 Å². The summed E-state index contributed by atoms with van der Waals surface area (Å²) in [6.07, 6.45) is 0. The lowest BCUT2D eigenvalue weighted by Crippen LogP contribution is -2.43. The van der Waals surface area contributed by atoms with Crippen molar-refractivity contribution in [2.75, 3.05) is 33.2 Å². The number of carbonyl (C=O) groups is 1. The molecule has 2 heterocycles. The first kappa shape index (κ1) is 18.8. The Morgan fingerprint density at radius 1 is 0.926 bits per heavy atom. The van der Waals surface area contributed by atoms with Crippen LogP contribution in [0, 0.1) is 0 Å². The fourth-order valence-electron chi connectivity index (χ4n) is 3.82. The Balaban J connectivity index is 1.49. The van der Waals surface area contributed by atoms with E-state index in [1.807, 2.05) is 35.2 Å². The first-order valence-corrected chi connectivity index (χ1v) is 10.0. The van der Waals surface area contributed by atoms with E-state index in [2.05, 4.69) is 22.9 Å². The molecule has 2 aliphatic rings. The third-order valence-electron chi connectivity index (χ3n) is 5.38. The molecule has 4 rings (SSSR count). The molecule has 0 N–H and O–H groups in total. The van der Waals surface area contributed by atoms with Crippen molar-refractivity contribution < 1.29 is 4.79 Å². The number of likely N-dealkylation sites (N-methyl/N-ethyl adjacent to an activating group) is 1. The number of carbonyl (C=O) groups excluding carboxylic acids is 1. The van der Waals surface area contributed by atoms with Crippen molar-refractivity contribution in [3.05, 3.63) is 68.7 Å². The fourth-order valence-corrected chi connectivity index (χ4v) is 4.29. The average molecular weight is 404 g/mol. The SMILES string of the molecule is CN1CCN(Cc2cc(Cl)c3c(c2)CN(Cc2ccc(Cl)cc2)C3=O)CC1. The predicted octanol–water partition coefficient (Wildman–Crippen LogP) is 3.90. The second-order valence-electron chi connectivity index (χ2n) is 7.48. The van der Waals surface area contributed by atoms with E-state index in [0.717, 1.165) is 43.9 Å². The van der Waals surface area contributed by atoms with Gasteiger partial charge in [-0.15, -0.1) is 0 Å². The van der Waals surface area contributed by atoms with Crippen LogP contribution in [0.1, 0.15) is 27.0 Å². The van der Waals surface area contributed by atoms with E-state index >= 15 is 0 Å². The van der Waals surface area contributed by atoms with Gasteiger partial charge in [-0.1, -0.05) is 41.4 Å². The summed E-state index contributed by atoms with van der Waals surface area (Å²) in [6.45, 7) is 6.35. The summed E-state index contributed by atoms with van der Waals surface area (Å²) in [4.78, 5) is 19.5. The van der Waals surface area contributed by atoms with Crippen LogP contribution in [0.3, 0.4) is 0 Å². The third-order valence-corrected chi connectivity index (χ3v) is 5.93. The first-order chi connectivity index (χ1) is 13.0. The third kappa shape index (κ3) is 4.14. The lowest BCUT2D eigenvalue weighted by atomic mass is 10.1. The maximum Gasteiger partial charge on any atom is 0.256 e. The zero-order valence-electron chi connectivity index (χ0n) is 15.4. The van der Waals surface area contributed by atoms with Crippen molar-refractivity contribution in [3.63, 3.8) is 0 Å². The fraction of sp³-hybridized carbons (Fsp3) is 0.381. The number of nitrogens with zero attached hydrogens (tertiary/aromatic N) is 3. The number of benzene rings is 2. The Morgan fingerprint density at radius 2 is 1.63 bits per heavy atom. The number of piperazine rings is 1. The standard InChI is InChI=1S/C21H23Cl2N3O/c1-24-6-8-25(9-7-24)12-16-10-17-14-26(21(27)20(17)19(23)11-16)13-15-2-4-18(22)5-3-15/h2-5,10-11H,6-9,12-14H2,1H3. The van der Waals surface area contributed by atoms with Crippen molar-refractivity contribution in [1.29, 1.82) is 0 Å². The van der Waals surface area contributed by atoms with Crippen LogP contribution in [-0.2, 0) is 19.6 Å². The Hall–Kier alpha value is -1.59. The van der Waals surface area contributed by atoms with Crippen LogP contribution >= 0.6 is 23.2 Å². The van der Waals surface area contributed by atoms with E-state index < -0.39 is 0 Å². The summed E-state index contributed by atoms with van der Waals surface area (Å²) in [5, 5.41) is 1.27. The molecule has 0 atom stereocenters. The lowest BCUT2D eigenvalue weighted by Gasteiger charge is -2.32. The normalized spacial score (nSPS) is 18.2. The minimum Gasteiger partial charge on any atom is -0.330 e. The molecule has 0 unspecified atom stereocenters. The maximum atomic E-state index is 12.8. The van der Waals surface area contributed by atoms with Gasteiger partial charge in [0.05, 0.1) is 10.6 Å². The number of halogens is 2. The van der Waals surface area contributed by atoms with Gasteiger partial charge < -0.3 is 9.80 Å². The van der Waals surface area contributed by atoms with E-state index in [-0.39, 0.29) is 5.91 Å². The van der Waals surface area contributed by atoms with Gasteiger partial charge in [0.25, 0.3) is 5.91 Å². The van der Waals surface area contributed by atoms with E-state index in [0.29, 0.717) is 28.7 Å². The second-order valence-corrected chi connectivity index (χ2v) is 8.32. The molecule has 2 aromatic rings. The Kier molecular flexibility index (Phi) is 5.42. The molecular formula is C21H23Cl2N3O. The minimum atomic E-state index is 0.0103. The van der Waals surface area contributed by atoms with Gasteiger partial charge in [0, 0.05) is 50.8 Å². The summed E-state index contributed by atoms with van der Waals surface area (Å²) < 4.78 is 0. The monoisotopic (exact) mass is 403 g/mol.